The van der Waals surface area contributed by atoms with Crippen molar-refractivity contribution in [2.75, 3.05) is 0 Å². The van der Waals surface area contributed by atoms with Gasteiger partial charge in [-0.25, -0.2) is 4.98 Å². The maximum Gasteiger partial charge on any atom is 0.0709 e. The van der Waals surface area contributed by atoms with Crippen molar-refractivity contribution < 1.29 is 0 Å². The van der Waals surface area contributed by atoms with Crippen molar-refractivity contribution in [1.29, 1.82) is 0 Å². The largest absolute Gasteiger partial charge is 0.248 e. The van der Waals surface area contributed by atoms with Crippen LogP contribution in [0.4, 0.5) is 0 Å². The van der Waals surface area contributed by atoms with Crippen molar-refractivity contribution in [2.45, 2.75) is 0 Å². The number of benzene rings is 8. The van der Waals surface area contributed by atoms with E-state index in [-0.39, 0.29) is 0 Å². The molecule has 0 bridgehead atoms. The fourth-order valence-electron chi connectivity index (χ4n) is 7.82. The van der Waals surface area contributed by atoms with E-state index < -0.39 is 0 Å². The van der Waals surface area contributed by atoms with Gasteiger partial charge in [0.05, 0.1) is 11.4 Å². The number of hydrogen-bond acceptors (Lipinski definition) is 1. The van der Waals surface area contributed by atoms with Gasteiger partial charge in [0.25, 0.3) is 0 Å². The van der Waals surface area contributed by atoms with Gasteiger partial charge in [-0.1, -0.05) is 237 Å². The smallest absolute Gasteiger partial charge is 0.0709 e. The van der Waals surface area contributed by atoms with E-state index in [4.69, 9.17) is 4.98 Å². The van der Waals surface area contributed by atoms with Gasteiger partial charge in [0.2, 0.25) is 0 Å². The van der Waals surface area contributed by atoms with Crippen molar-refractivity contribution >= 4 is 22.3 Å². The van der Waals surface area contributed by atoms with Crippen molar-refractivity contribution in [3.8, 4) is 22.5 Å². The molecule has 9 aromatic rings. The molecule has 0 amide bonds. The molecule has 0 aliphatic heterocycles. The highest BCUT2D eigenvalue weighted by molar-refractivity contribution is 6.05. The number of pyridine rings is 1. The maximum absolute atomic E-state index is 5.22. The third kappa shape index (κ3) is 7.75. The van der Waals surface area contributed by atoms with Gasteiger partial charge in [-0.2, -0.15) is 0 Å². The Balaban J connectivity index is 1.09. The average Bonchev–Trinajstić information content (AvgIpc) is 3.32. The highest BCUT2D eigenvalue weighted by Crippen LogP contribution is 2.39. The minimum Gasteiger partial charge on any atom is -0.248 e. The van der Waals surface area contributed by atoms with E-state index in [1.807, 2.05) is 0 Å². The molecular formula is C57H41N. The molecule has 0 saturated carbocycles. The molecule has 1 nitrogen and oxygen atoms in total. The summed E-state index contributed by atoms with van der Waals surface area (Å²) in [6, 6.07) is 88.3. The second-order valence-corrected chi connectivity index (χ2v) is 14.3. The quantitative estimate of drug-likeness (QED) is 0.127. The Morgan fingerprint density at radius 2 is 0.397 bits per heavy atom. The topological polar surface area (TPSA) is 12.9 Å². The molecule has 0 fully saturated rings. The first-order chi connectivity index (χ1) is 28.8. The van der Waals surface area contributed by atoms with Crippen molar-refractivity contribution in [3.05, 3.63) is 293 Å². The fourth-order valence-corrected chi connectivity index (χ4v) is 7.82. The van der Waals surface area contributed by atoms with Gasteiger partial charge in [0.15, 0.2) is 0 Å². The summed E-state index contributed by atoms with van der Waals surface area (Å²) in [6.45, 7) is 0. The van der Waals surface area contributed by atoms with Crippen LogP contribution < -0.4 is 0 Å². The summed E-state index contributed by atoms with van der Waals surface area (Å²) in [5.41, 5.74) is 18.2. The van der Waals surface area contributed by atoms with E-state index in [9.17, 15) is 0 Å². The van der Waals surface area contributed by atoms with Crippen molar-refractivity contribution in [3.63, 3.8) is 0 Å². The monoisotopic (exact) mass is 739 g/mol. The first kappa shape index (κ1) is 36.1. The summed E-state index contributed by atoms with van der Waals surface area (Å²) >= 11 is 0. The van der Waals surface area contributed by atoms with Crippen LogP contribution in [0, 0.1) is 0 Å². The highest BCUT2D eigenvalue weighted by Gasteiger charge is 2.18. The highest BCUT2D eigenvalue weighted by atomic mass is 14.7. The van der Waals surface area contributed by atoms with Crippen LogP contribution in [0.5, 0.6) is 0 Å². The minimum atomic E-state index is 0.935. The summed E-state index contributed by atoms with van der Waals surface area (Å²) in [5, 5.41) is 0. The van der Waals surface area contributed by atoms with Gasteiger partial charge in [-0.05, 0) is 78.9 Å². The van der Waals surface area contributed by atoms with Crippen molar-refractivity contribution in [2.24, 2.45) is 0 Å². The lowest BCUT2D eigenvalue weighted by Gasteiger charge is -2.18. The fraction of sp³-hybridized carbons (Fsp3) is 0. The molecule has 8 aromatic carbocycles. The number of nitrogens with zero attached hydrogens (tertiary/aromatic N) is 1. The summed E-state index contributed by atoms with van der Waals surface area (Å²) in [6.07, 6.45) is 0. The maximum atomic E-state index is 5.22. The van der Waals surface area contributed by atoms with Gasteiger partial charge in [-0.15, -0.1) is 0 Å². The molecule has 1 heteroatoms. The van der Waals surface area contributed by atoms with Crippen LogP contribution in [-0.2, 0) is 0 Å². The van der Waals surface area contributed by atoms with Crippen LogP contribution in [0.3, 0.4) is 0 Å². The van der Waals surface area contributed by atoms with E-state index in [0.29, 0.717) is 0 Å². The van der Waals surface area contributed by atoms with Crippen LogP contribution in [0.1, 0.15) is 44.5 Å². The average molecular weight is 740 g/mol. The van der Waals surface area contributed by atoms with Crippen molar-refractivity contribution in [1.82, 2.24) is 4.98 Å². The predicted octanol–water partition coefficient (Wildman–Crippen LogP) is 14.4. The first-order valence-corrected chi connectivity index (χ1v) is 19.8. The van der Waals surface area contributed by atoms with Gasteiger partial charge in [-0.3, -0.25) is 0 Å². The van der Waals surface area contributed by atoms with E-state index >= 15 is 0 Å². The van der Waals surface area contributed by atoms with Crippen LogP contribution >= 0.6 is 0 Å². The normalized spacial score (nSPS) is 10.8. The van der Waals surface area contributed by atoms with E-state index in [0.717, 1.165) is 33.6 Å². The second-order valence-electron chi connectivity index (χ2n) is 14.3. The third-order valence-electron chi connectivity index (χ3n) is 10.6. The second kappa shape index (κ2) is 17.0. The van der Waals surface area contributed by atoms with Gasteiger partial charge in [0.1, 0.15) is 0 Å². The zero-order chi connectivity index (χ0) is 38.9. The molecular weight excluding hydrogens is 699 g/mol. The number of hydrogen-bond donors (Lipinski definition) is 0. The number of rotatable bonds is 10. The zero-order valence-corrected chi connectivity index (χ0v) is 32.1. The standard InChI is InChI=1S/C57H41N/c1-7-20-44(21-8-1)54(45-22-9-2-10-23-45)56(48-28-15-5-16-29-48)50-38-34-42(35-39-50)52-32-19-33-53(58-52)43-36-40-51(41-37-43)57(49-30-17-6-18-31-49)55(46-24-11-3-12-25-46)47-26-13-4-14-27-47/h1-41H. The molecule has 0 N–H and O–H groups in total. The van der Waals surface area contributed by atoms with E-state index in [2.05, 4.69) is 249 Å². The molecule has 9 rings (SSSR count). The Labute approximate surface area is 341 Å². The molecule has 0 radical (unpaired) electrons. The Kier molecular flexibility index (Phi) is 10.6. The Bertz CT molecular complexity index is 2510. The molecule has 0 spiro atoms. The van der Waals surface area contributed by atoms with E-state index in [1.165, 1.54) is 55.7 Å². The lowest BCUT2D eigenvalue weighted by molar-refractivity contribution is 1.32. The first-order valence-electron chi connectivity index (χ1n) is 19.8. The van der Waals surface area contributed by atoms with Crippen LogP contribution in [-0.4, -0.2) is 4.98 Å². The lowest BCUT2D eigenvalue weighted by atomic mass is 9.85. The summed E-state index contributed by atoms with van der Waals surface area (Å²) in [7, 11) is 0. The molecule has 0 aliphatic carbocycles. The molecule has 58 heavy (non-hydrogen) atoms. The lowest BCUT2D eigenvalue weighted by Crippen LogP contribution is -1.98. The molecule has 0 unspecified atom stereocenters. The molecule has 274 valence electrons. The van der Waals surface area contributed by atoms with Gasteiger partial charge >= 0.3 is 0 Å². The SMILES string of the molecule is c1ccc(C(=C(c2ccccc2)c2ccc(-c3cccc(-c4ccc(C(=C(c5ccccc5)c5ccccc5)c5ccccc5)cc4)n3)cc2)c2ccccc2)cc1. The van der Waals surface area contributed by atoms with Crippen LogP contribution in [0.2, 0.25) is 0 Å². The molecule has 0 atom stereocenters. The summed E-state index contributed by atoms with van der Waals surface area (Å²) in [5.74, 6) is 0. The minimum absolute atomic E-state index is 0.935. The molecule has 0 aliphatic rings. The number of aromatic nitrogens is 1. The Hall–Kier alpha value is -7.61. The Morgan fingerprint density at radius 1 is 0.190 bits per heavy atom. The zero-order valence-electron chi connectivity index (χ0n) is 32.1. The third-order valence-corrected chi connectivity index (χ3v) is 10.6. The molecule has 1 heterocycles. The van der Waals surface area contributed by atoms with Crippen LogP contribution in [0.25, 0.3) is 44.8 Å². The van der Waals surface area contributed by atoms with E-state index in [1.54, 1.807) is 0 Å². The van der Waals surface area contributed by atoms with Gasteiger partial charge < -0.3 is 0 Å². The van der Waals surface area contributed by atoms with Gasteiger partial charge in [0, 0.05) is 11.1 Å². The summed E-state index contributed by atoms with van der Waals surface area (Å²) < 4.78 is 0. The molecule has 1 aromatic heterocycles. The van der Waals surface area contributed by atoms with Crippen LogP contribution in [0.15, 0.2) is 249 Å². The predicted molar refractivity (Wildman–Crippen MR) is 244 cm³/mol. The Morgan fingerprint density at radius 3 is 0.621 bits per heavy atom. The molecule has 0 saturated heterocycles. The summed E-state index contributed by atoms with van der Waals surface area (Å²) in [4.78, 5) is 5.22.